The Hall–Kier alpha value is -1.65. The number of hydrogen-bond acceptors (Lipinski definition) is 3. The van der Waals surface area contributed by atoms with E-state index in [0.717, 1.165) is 5.56 Å². The molecular weight excluding hydrogens is 156 g/mol. The lowest BCUT2D eigenvalue weighted by molar-refractivity contribution is -0.117. The molecule has 5 heteroatoms. The molecule has 0 aliphatic carbocycles. The van der Waals surface area contributed by atoms with Crippen molar-refractivity contribution < 1.29 is 4.79 Å². The molecule has 1 aliphatic heterocycles. The van der Waals surface area contributed by atoms with Gasteiger partial charge < -0.3 is 5.32 Å². The minimum Gasteiger partial charge on any atom is -0.309 e. The molecule has 12 heavy (non-hydrogen) atoms. The number of nitrogens with zero attached hydrogens (tertiary/aromatic N) is 3. The monoisotopic (exact) mass is 164 g/mol. The van der Waals surface area contributed by atoms with Crippen molar-refractivity contribution in [3.63, 3.8) is 0 Å². The van der Waals surface area contributed by atoms with Crippen LogP contribution in [0.5, 0.6) is 0 Å². The van der Waals surface area contributed by atoms with Crippen LogP contribution in [0.2, 0.25) is 0 Å². The number of carbonyl (C=O) groups is 1. The molecule has 5 nitrogen and oxygen atoms in total. The molecule has 2 rings (SSSR count). The molecule has 1 aromatic rings. The molecule has 0 aromatic carbocycles. The highest BCUT2D eigenvalue weighted by molar-refractivity contribution is 6.12. The molecule has 0 atom stereocenters. The summed E-state index contributed by atoms with van der Waals surface area (Å²) in [5.74, 6) is 0.557. The molecule has 0 spiro atoms. The Labute approximate surface area is 69.1 Å². The molecule has 0 radical (unpaired) electrons. The van der Waals surface area contributed by atoms with E-state index in [2.05, 4.69) is 15.4 Å². The fraction of sp³-hybridized carbons (Fsp3) is 0.286. The third-order valence-electron chi connectivity index (χ3n) is 1.62. The molecule has 1 amide bonds. The van der Waals surface area contributed by atoms with Crippen LogP contribution < -0.4 is 5.32 Å². The zero-order valence-corrected chi connectivity index (χ0v) is 6.61. The Balaban J connectivity index is 2.27. The Morgan fingerprint density at radius 3 is 3.00 bits per heavy atom. The summed E-state index contributed by atoms with van der Waals surface area (Å²) in [4.78, 5) is 14.8. The van der Waals surface area contributed by atoms with E-state index in [-0.39, 0.29) is 12.5 Å². The Bertz CT molecular complexity index is 352. The van der Waals surface area contributed by atoms with Crippen molar-refractivity contribution in [1.29, 1.82) is 0 Å². The van der Waals surface area contributed by atoms with Crippen molar-refractivity contribution in [3.05, 3.63) is 18.0 Å². The van der Waals surface area contributed by atoms with Crippen LogP contribution in [0.3, 0.4) is 0 Å². The fourth-order valence-corrected chi connectivity index (χ4v) is 1.07. The number of amides is 1. The predicted octanol–water partition coefficient (Wildman–Crippen LogP) is -0.704. The van der Waals surface area contributed by atoms with Crippen molar-refractivity contribution in [2.75, 3.05) is 6.54 Å². The minimum absolute atomic E-state index is 0.0612. The van der Waals surface area contributed by atoms with Crippen molar-refractivity contribution in [2.45, 2.75) is 0 Å². The number of rotatable bonds is 1. The molecule has 0 saturated carbocycles. The molecule has 1 N–H and O–H groups in total. The standard InChI is InChI=1S/C7H8N4O/c1-11-4-5(2-9-11)7-8-3-6(12)10-7/h2,4H,3H2,1H3,(H,8,10,12). The van der Waals surface area contributed by atoms with E-state index in [1.54, 1.807) is 10.9 Å². The second-order valence-electron chi connectivity index (χ2n) is 2.62. The van der Waals surface area contributed by atoms with E-state index in [4.69, 9.17) is 0 Å². The van der Waals surface area contributed by atoms with Gasteiger partial charge in [-0.05, 0) is 0 Å². The van der Waals surface area contributed by atoms with Gasteiger partial charge in [0, 0.05) is 13.2 Å². The first-order valence-corrected chi connectivity index (χ1v) is 3.59. The summed E-state index contributed by atoms with van der Waals surface area (Å²) in [6.07, 6.45) is 3.48. The van der Waals surface area contributed by atoms with Gasteiger partial charge in [0.05, 0.1) is 11.8 Å². The van der Waals surface area contributed by atoms with Crippen LogP contribution in [0.4, 0.5) is 0 Å². The summed E-state index contributed by atoms with van der Waals surface area (Å²) in [6.45, 7) is 0.226. The molecular formula is C7H8N4O. The highest BCUT2D eigenvalue weighted by Gasteiger charge is 2.15. The minimum atomic E-state index is -0.0612. The Morgan fingerprint density at radius 2 is 2.50 bits per heavy atom. The van der Waals surface area contributed by atoms with Crippen molar-refractivity contribution in [1.82, 2.24) is 15.1 Å². The van der Waals surface area contributed by atoms with Crippen LogP contribution in [0.25, 0.3) is 0 Å². The zero-order valence-electron chi connectivity index (χ0n) is 6.61. The van der Waals surface area contributed by atoms with Gasteiger partial charge in [-0.25, -0.2) is 0 Å². The summed E-state index contributed by atoms with van der Waals surface area (Å²) in [6, 6.07) is 0. The van der Waals surface area contributed by atoms with Gasteiger partial charge in [0.15, 0.2) is 0 Å². The SMILES string of the molecule is Cn1cc(C2=NCC(=O)N2)cn1. The second-order valence-corrected chi connectivity index (χ2v) is 2.62. The van der Waals surface area contributed by atoms with Crippen molar-refractivity contribution >= 4 is 11.7 Å². The molecule has 0 unspecified atom stereocenters. The number of hydrogen-bond donors (Lipinski definition) is 1. The van der Waals surface area contributed by atoms with E-state index in [1.165, 1.54) is 0 Å². The van der Waals surface area contributed by atoms with Gasteiger partial charge in [0.25, 0.3) is 0 Å². The lowest BCUT2D eigenvalue weighted by Gasteiger charge is -1.93. The maximum atomic E-state index is 10.8. The van der Waals surface area contributed by atoms with Crippen LogP contribution in [-0.4, -0.2) is 28.1 Å². The highest BCUT2D eigenvalue weighted by atomic mass is 16.2. The van der Waals surface area contributed by atoms with Crippen molar-refractivity contribution in [2.24, 2.45) is 12.0 Å². The largest absolute Gasteiger partial charge is 0.309 e. The van der Waals surface area contributed by atoms with Crippen LogP contribution in [0.15, 0.2) is 17.4 Å². The first-order valence-electron chi connectivity index (χ1n) is 3.59. The normalized spacial score (nSPS) is 16.1. The topological polar surface area (TPSA) is 59.3 Å². The van der Waals surface area contributed by atoms with Gasteiger partial charge in [-0.1, -0.05) is 0 Å². The van der Waals surface area contributed by atoms with E-state index < -0.39 is 0 Å². The maximum absolute atomic E-state index is 10.8. The lowest BCUT2D eigenvalue weighted by Crippen LogP contribution is -2.24. The van der Waals surface area contributed by atoms with Gasteiger partial charge in [-0.3, -0.25) is 14.5 Å². The highest BCUT2D eigenvalue weighted by Crippen LogP contribution is 2.00. The molecule has 2 heterocycles. The Morgan fingerprint density at radius 1 is 1.67 bits per heavy atom. The van der Waals surface area contributed by atoms with E-state index in [1.807, 2.05) is 13.2 Å². The lowest BCUT2D eigenvalue weighted by atomic mass is 10.3. The smallest absolute Gasteiger partial charge is 0.247 e. The number of nitrogens with one attached hydrogen (secondary N) is 1. The first kappa shape index (κ1) is 7.02. The number of amidine groups is 1. The number of aliphatic imine (C=N–C) groups is 1. The van der Waals surface area contributed by atoms with Gasteiger partial charge in [0.1, 0.15) is 12.4 Å². The number of carbonyl (C=O) groups excluding carboxylic acids is 1. The summed E-state index contributed by atoms with van der Waals surface area (Å²) in [5, 5.41) is 6.61. The number of aromatic nitrogens is 2. The summed E-state index contributed by atoms with van der Waals surface area (Å²) < 4.78 is 1.67. The second kappa shape index (κ2) is 2.44. The summed E-state index contributed by atoms with van der Waals surface area (Å²) in [7, 11) is 1.82. The van der Waals surface area contributed by atoms with Gasteiger partial charge in [-0.2, -0.15) is 5.10 Å². The predicted molar refractivity (Wildman–Crippen MR) is 42.8 cm³/mol. The van der Waals surface area contributed by atoms with E-state index in [9.17, 15) is 4.79 Å². The average Bonchev–Trinajstić information content (AvgIpc) is 2.58. The molecule has 62 valence electrons. The quantitative estimate of drug-likeness (QED) is 0.596. The van der Waals surface area contributed by atoms with Crippen LogP contribution in [0, 0.1) is 0 Å². The van der Waals surface area contributed by atoms with Crippen LogP contribution in [-0.2, 0) is 11.8 Å². The van der Waals surface area contributed by atoms with Gasteiger partial charge >= 0.3 is 0 Å². The van der Waals surface area contributed by atoms with E-state index >= 15 is 0 Å². The first-order chi connectivity index (χ1) is 5.75. The average molecular weight is 164 g/mol. The third kappa shape index (κ3) is 1.09. The third-order valence-corrected chi connectivity index (χ3v) is 1.62. The molecule has 1 aliphatic rings. The molecule has 0 saturated heterocycles. The fourth-order valence-electron chi connectivity index (χ4n) is 1.07. The van der Waals surface area contributed by atoms with Crippen LogP contribution in [0.1, 0.15) is 5.56 Å². The van der Waals surface area contributed by atoms with Gasteiger partial charge in [0.2, 0.25) is 5.91 Å². The van der Waals surface area contributed by atoms with Crippen molar-refractivity contribution in [3.8, 4) is 0 Å². The Kier molecular flexibility index (Phi) is 1.43. The van der Waals surface area contributed by atoms with E-state index in [0.29, 0.717) is 5.84 Å². The molecule has 0 bridgehead atoms. The molecule has 0 fully saturated rings. The summed E-state index contributed by atoms with van der Waals surface area (Å²) in [5.41, 5.74) is 0.850. The molecule has 1 aromatic heterocycles. The maximum Gasteiger partial charge on any atom is 0.247 e. The van der Waals surface area contributed by atoms with Crippen LogP contribution >= 0.6 is 0 Å². The zero-order chi connectivity index (χ0) is 8.55. The van der Waals surface area contributed by atoms with Gasteiger partial charge in [-0.15, -0.1) is 0 Å². The summed E-state index contributed by atoms with van der Waals surface area (Å²) >= 11 is 0. The number of aryl methyl sites for hydroxylation is 1.